The standard InChI is InChI=1S/C2H5IN2O3/c1-4-5(8)3-2(6)7/h4H,1H3,(H,6,7)/q-2. The van der Waals surface area contributed by atoms with Crippen molar-refractivity contribution >= 4 is 3.98 Å². The number of hydrogen-bond donors (Lipinski definition) is 2. The molecule has 0 aromatic rings. The van der Waals surface area contributed by atoms with Crippen molar-refractivity contribution in [2.75, 3.05) is 7.05 Å². The quantitative estimate of drug-likeness (QED) is 0.229. The fourth-order valence-corrected chi connectivity index (χ4v) is 0.724. The molecule has 0 bridgehead atoms. The molecule has 0 rings (SSSR count). The van der Waals surface area contributed by atoms with Crippen molar-refractivity contribution in [1.29, 1.82) is 0 Å². The molecule has 0 aliphatic rings. The van der Waals surface area contributed by atoms with Gasteiger partial charge >= 0.3 is 56.4 Å². The van der Waals surface area contributed by atoms with Crippen LogP contribution in [0.3, 0.4) is 0 Å². The Bertz CT molecular complexity index is 87.4. The summed E-state index contributed by atoms with van der Waals surface area (Å²) in [6.07, 6.45) is 0. The number of nitrogens with one attached hydrogen (secondary N) is 1. The zero-order chi connectivity index (χ0) is 6.57. The van der Waals surface area contributed by atoms with Crippen molar-refractivity contribution in [3.05, 3.63) is 5.21 Å². The summed E-state index contributed by atoms with van der Waals surface area (Å²) in [4.78, 5) is 9.74. The van der Waals surface area contributed by atoms with E-state index in [-0.39, 0.29) is 0 Å². The number of carbonyl (C=O) groups is 1. The Hall–Kier alpha value is 0.0800. The van der Waals surface area contributed by atoms with Gasteiger partial charge in [-0.1, -0.05) is 0 Å². The Morgan fingerprint density at radius 1 is 2.00 bits per heavy atom. The minimum atomic E-state index is -1.41. The predicted octanol–water partition coefficient (Wildman–Crippen LogP) is -3.40. The van der Waals surface area contributed by atoms with E-state index in [1.54, 1.807) is 0 Å². The molecular weight excluding hydrogens is 227 g/mol. The molecule has 0 saturated heterocycles. The van der Waals surface area contributed by atoms with Gasteiger partial charge in [-0.25, -0.2) is 0 Å². The first-order valence-electron chi connectivity index (χ1n) is 1.69. The Labute approximate surface area is 56.8 Å². The second kappa shape index (κ2) is 4.01. The SMILES string of the molecule is CNN([O-])[I-]C(=O)O. The third-order valence-corrected chi connectivity index (χ3v) is 1.66. The molecule has 0 aromatic heterocycles. The van der Waals surface area contributed by atoms with Crippen LogP contribution in [0.2, 0.25) is 0 Å². The minimum absolute atomic E-state index is 0.335. The maximum atomic E-state index is 10.1. The van der Waals surface area contributed by atoms with Crippen LogP contribution in [0.4, 0.5) is 4.79 Å². The summed E-state index contributed by atoms with van der Waals surface area (Å²) >= 11 is -1.41. The van der Waals surface area contributed by atoms with Gasteiger partial charge in [-0.3, -0.25) is 0 Å². The second-order valence-corrected chi connectivity index (χ2v) is 3.09. The summed E-state index contributed by atoms with van der Waals surface area (Å²) in [6.45, 7) is 0. The molecule has 50 valence electrons. The molecule has 0 heterocycles. The van der Waals surface area contributed by atoms with Crippen LogP contribution < -0.4 is 26.9 Å². The third kappa shape index (κ3) is 4.24. The summed E-state index contributed by atoms with van der Waals surface area (Å²) in [5, 5.41) is 18.1. The molecule has 0 aliphatic carbocycles. The molecule has 2 N–H and O–H groups in total. The van der Waals surface area contributed by atoms with Crippen molar-refractivity contribution in [1.82, 2.24) is 8.81 Å². The van der Waals surface area contributed by atoms with Crippen LogP contribution in [0.5, 0.6) is 0 Å². The van der Waals surface area contributed by atoms with Crippen LogP contribution in [-0.2, 0) is 0 Å². The van der Waals surface area contributed by atoms with Crippen LogP contribution in [0.25, 0.3) is 0 Å². The van der Waals surface area contributed by atoms with Crippen molar-refractivity contribution in [3.63, 3.8) is 0 Å². The second-order valence-electron chi connectivity index (χ2n) is 0.806. The first-order valence-corrected chi connectivity index (χ1v) is 3.74. The van der Waals surface area contributed by atoms with E-state index < -0.39 is 25.5 Å². The first-order chi connectivity index (χ1) is 3.66. The van der Waals surface area contributed by atoms with Gasteiger partial charge in [0.15, 0.2) is 0 Å². The fraction of sp³-hybridized carbons (Fsp3) is 0.500. The summed E-state index contributed by atoms with van der Waals surface area (Å²) in [5.74, 6) is 0. The van der Waals surface area contributed by atoms with Gasteiger partial charge in [-0.15, -0.1) is 0 Å². The Morgan fingerprint density at radius 2 is 2.50 bits per heavy atom. The normalized spacial score (nSPS) is 10.4. The van der Waals surface area contributed by atoms with E-state index in [9.17, 15) is 10.0 Å². The molecule has 8 heavy (non-hydrogen) atoms. The number of hydrazine groups is 1. The average Bonchev–Trinajstić information content (AvgIpc) is 1.65. The number of hydrogen-bond acceptors (Lipinski definition) is 4. The van der Waals surface area contributed by atoms with Crippen molar-refractivity contribution in [3.8, 4) is 0 Å². The summed E-state index contributed by atoms with van der Waals surface area (Å²) < 4.78 is -0.700. The van der Waals surface area contributed by atoms with E-state index in [1.807, 2.05) is 0 Å². The van der Waals surface area contributed by atoms with Gasteiger partial charge in [-0.05, 0) is 0 Å². The van der Waals surface area contributed by atoms with Gasteiger partial charge in [0, 0.05) is 0 Å². The summed E-state index contributed by atoms with van der Waals surface area (Å²) in [7, 11) is 1.38. The van der Waals surface area contributed by atoms with Crippen LogP contribution in [0, 0.1) is 5.21 Å². The van der Waals surface area contributed by atoms with Gasteiger partial charge < -0.3 is 0 Å². The Morgan fingerprint density at radius 3 is 2.62 bits per heavy atom. The maximum absolute atomic E-state index is 10.1. The topological polar surface area (TPSA) is 75.6 Å². The van der Waals surface area contributed by atoms with Gasteiger partial charge in [0.25, 0.3) is 0 Å². The molecule has 6 heteroatoms. The van der Waals surface area contributed by atoms with Crippen LogP contribution in [0.1, 0.15) is 0 Å². The Kier molecular flexibility index (Phi) is 4.05. The van der Waals surface area contributed by atoms with Crippen LogP contribution >= 0.6 is 0 Å². The van der Waals surface area contributed by atoms with E-state index in [2.05, 4.69) is 5.43 Å². The molecule has 0 amide bonds. The van der Waals surface area contributed by atoms with E-state index >= 15 is 0 Å². The molecule has 0 spiro atoms. The predicted molar refractivity (Wildman–Crippen MR) is 22.3 cm³/mol. The van der Waals surface area contributed by atoms with E-state index in [1.165, 1.54) is 7.05 Å². The van der Waals surface area contributed by atoms with Crippen molar-refractivity contribution < 1.29 is 31.4 Å². The summed E-state index contributed by atoms with van der Waals surface area (Å²) in [6, 6.07) is 0. The molecule has 0 unspecified atom stereocenters. The van der Waals surface area contributed by atoms with Crippen molar-refractivity contribution in [2.45, 2.75) is 0 Å². The van der Waals surface area contributed by atoms with E-state index in [0.717, 1.165) is 0 Å². The number of carboxylic acid groups (broad SMARTS) is 1. The van der Waals surface area contributed by atoms with Gasteiger partial charge in [0.1, 0.15) is 0 Å². The molecule has 0 saturated carbocycles. The molecule has 0 aliphatic heterocycles. The van der Waals surface area contributed by atoms with Crippen LogP contribution in [-0.4, -0.2) is 19.5 Å². The van der Waals surface area contributed by atoms with E-state index in [0.29, 0.717) is 3.39 Å². The number of nitrogens with zero attached hydrogens (tertiary/aromatic N) is 1. The average molecular weight is 232 g/mol. The number of rotatable bonds is 3. The first kappa shape index (κ1) is 8.08. The van der Waals surface area contributed by atoms with Gasteiger partial charge in [0.2, 0.25) is 0 Å². The zero-order valence-corrected chi connectivity index (χ0v) is 6.25. The molecule has 0 fully saturated rings. The fourth-order valence-electron chi connectivity index (χ4n) is 0.108. The third-order valence-electron chi connectivity index (χ3n) is 0.325. The molecule has 5 nitrogen and oxygen atoms in total. The molecule has 0 radical (unpaired) electrons. The number of halogens is 1. The molecule has 0 aromatic carbocycles. The molecular formula is C2H5IN2O3-2. The Balaban J connectivity index is 3.24. The zero-order valence-electron chi connectivity index (χ0n) is 4.09. The van der Waals surface area contributed by atoms with Gasteiger partial charge in [0.05, 0.1) is 0 Å². The van der Waals surface area contributed by atoms with Crippen LogP contribution in [0.15, 0.2) is 0 Å². The van der Waals surface area contributed by atoms with E-state index in [4.69, 9.17) is 5.11 Å². The monoisotopic (exact) mass is 232 g/mol. The van der Waals surface area contributed by atoms with Gasteiger partial charge in [-0.2, -0.15) is 0 Å². The van der Waals surface area contributed by atoms with Crippen molar-refractivity contribution in [2.24, 2.45) is 0 Å². The summed E-state index contributed by atoms with van der Waals surface area (Å²) in [5.41, 5.74) is 2.14. The molecule has 0 atom stereocenters.